The molecular weight excluding hydrogens is 283 g/mol. The molecular formula is C13H9FN2O3S. The minimum absolute atomic E-state index is 0.147. The zero-order valence-corrected chi connectivity index (χ0v) is 10.9. The third kappa shape index (κ3) is 2.48. The van der Waals surface area contributed by atoms with Crippen molar-refractivity contribution < 1.29 is 19.0 Å². The Bertz CT molecular complexity index is 752. The van der Waals surface area contributed by atoms with E-state index in [9.17, 15) is 9.18 Å². The summed E-state index contributed by atoms with van der Waals surface area (Å²) in [5.41, 5.74) is 0.545. The highest BCUT2D eigenvalue weighted by Gasteiger charge is 2.09. The normalized spacial score (nSPS) is 10.8. The second-order valence-electron chi connectivity index (χ2n) is 4.09. The lowest BCUT2D eigenvalue weighted by Crippen LogP contribution is -2.00. The van der Waals surface area contributed by atoms with Gasteiger partial charge in [-0.2, -0.15) is 0 Å². The summed E-state index contributed by atoms with van der Waals surface area (Å²) in [4.78, 5) is 16.0. The van der Waals surface area contributed by atoms with Crippen molar-refractivity contribution in [1.29, 1.82) is 0 Å². The summed E-state index contributed by atoms with van der Waals surface area (Å²) in [7, 11) is 0. The van der Waals surface area contributed by atoms with Gasteiger partial charge >= 0.3 is 5.97 Å². The number of thiazole rings is 1. The molecule has 0 saturated heterocycles. The van der Waals surface area contributed by atoms with E-state index >= 15 is 0 Å². The number of carboxylic acids is 1. The average molecular weight is 292 g/mol. The van der Waals surface area contributed by atoms with E-state index < -0.39 is 11.8 Å². The van der Waals surface area contributed by atoms with Crippen LogP contribution in [0.5, 0.6) is 5.75 Å². The van der Waals surface area contributed by atoms with Crippen molar-refractivity contribution in [2.75, 3.05) is 0 Å². The Morgan fingerprint density at radius 2 is 2.30 bits per heavy atom. The molecule has 0 bridgehead atoms. The fourth-order valence-corrected chi connectivity index (χ4v) is 2.49. The molecule has 1 N–H and O–H groups in total. The van der Waals surface area contributed by atoms with Crippen molar-refractivity contribution >= 4 is 22.3 Å². The number of rotatable bonds is 4. The fraction of sp³-hybridized carbons (Fsp3) is 0.0769. The number of halogens is 1. The standard InChI is InChI=1S/C13H9FN2O3S/c14-9-3-8(12(17)18)4-11(5-9)19-7-10-6-16-1-2-20-13(16)15-10/h1-6H,7H2,(H,17,18). The molecule has 3 aromatic rings. The first-order valence-electron chi connectivity index (χ1n) is 5.69. The number of nitrogens with zero attached hydrogens (tertiary/aromatic N) is 2. The molecule has 0 spiro atoms. The lowest BCUT2D eigenvalue weighted by Gasteiger charge is -2.05. The molecule has 0 aliphatic rings. The molecule has 0 radical (unpaired) electrons. The first-order chi connectivity index (χ1) is 9.61. The van der Waals surface area contributed by atoms with Crippen molar-refractivity contribution in [2.24, 2.45) is 0 Å². The van der Waals surface area contributed by atoms with Crippen LogP contribution in [0.4, 0.5) is 4.39 Å². The molecule has 0 atom stereocenters. The second kappa shape index (κ2) is 4.93. The van der Waals surface area contributed by atoms with Crippen LogP contribution in [0.2, 0.25) is 0 Å². The number of hydrogen-bond acceptors (Lipinski definition) is 4. The molecule has 0 fully saturated rings. The minimum Gasteiger partial charge on any atom is -0.487 e. The van der Waals surface area contributed by atoms with Gasteiger partial charge in [0.2, 0.25) is 0 Å². The smallest absolute Gasteiger partial charge is 0.335 e. The van der Waals surface area contributed by atoms with Crippen LogP contribution >= 0.6 is 11.3 Å². The highest BCUT2D eigenvalue weighted by atomic mass is 32.1. The Kier molecular flexibility index (Phi) is 3.11. The minimum atomic E-state index is -1.20. The van der Waals surface area contributed by atoms with Crippen molar-refractivity contribution in [1.82, 2.24) is 9.38 Å². The number of carboxylic acid groups (broad SMARTS) is 1. The highest BCUT2D eigenvalue weighted by molar-refractivity contribution is 7.15. The molecule has 0 aliphatic carbocycles. The number of carbonyl (C=O) groups is 1. The number of hydrogen-bond donors (Lipinski definition) is 1. The largest absolute Gasteiger partial charge is 0.487 e. The fourth-order valence-electron chi connectivity index (χ4n) is 1.77. The zero-order valence-electron chi connectivity index (χ0n) is 10.1. The average Bonchev–Trinajstić information content (AvgIpc) is 2.96. The van der Waals surface area contributed by atoms with Crippen LogP contribution in [-0.2, 0) is 6.61 Å². The van der Waals surface area contributed by atoms with Gasteiger partial charge in [0.1, 0.15) is 18.2 Å². The summed E-state index contributed by atoms with van der Waals surface area (Å²) in [5.74, 6) is -1.68. The molecule has 2 aromatic heterocycles. The van der Waals surface area contributed by atoms with Gasteiger partial charge < -0.3 is 9.84 Å². The van der Waals surface area contributed by atoms with E-state index in [2.05, 4.69) is 4.98 Å². The monoisotopic (exact) mass is 292 g/mol. The Morgan fingerprint density at radius 3 is 3.05 bits per heavy atom. The van der Waals surface area contributed by atoms with Crippen LogP contribution in [0.15, 0.2) is 36.0 Å². The Morgan fingerprint density at radius 1 is 1.45 bits per heavy atom. The molecule has 1 aromatic carbocycles. The summed E-state index contributed by atoms with van der Waals surface area (Å²) >= 11 is 1.50. The first-order valence-corrected chi connectivity index (χ1v) is 6.57. The predicted molar refractivity (Wildman–Crippen MR) is 70.8 cm³/mol. The number of aromatic nitrogens is 2. The van der Waals surface area contributed by atoms with E-state index in [0.29, 0.717) is 5.69 Å². The molecule has 0 aliphatic heterocycles. The van der Waals surface area contributed by atoms with Crippen molar-refractivity contribution in [3.05, 3.63) is 53.0 Å². The summed E-state index contributed by atoms with van der Waals surface area (Å²) in [5, 5.41) is 10.8. The van der Waals surface area contributed by atoms with E-state index in [0.717, 1.165) is 17.1 Å². The predicted octanol–water partition coefficient (Wildman–Crippen LogP) is 2.81. The van der Waals surface area contributed by atoms with Crippen LogP contribution in [0.3, 0.4) is 0 Å². The van der Waals surface area contributed by atoms with Gasteiger partial charge in [-0.3, -0.25) is 4.40 Å². The summed E-state index contributed by atoms with van der Waals surface area (Å²) < 4.78 is 20.5. The Balaban J connectivity index is 1.77. The molecule has 20 heavy (non-hydrogen) atoms. The van der Waals surface area contributed by atoms with Gasteiger partial charge in [-0.15, -0.1) is 11.3 Å². The van der Waals surface area contributed by atoms with E-state index in [1.165, 1.54) is 17.4 Å². The van der Waals surface area contributed by atoms with E-state index in [4.69, 9.17) is 9.84 Å². The van der Waals surface area contributed by atoms with Gasteiger partial charge in [0.05, 0.1) is 11.3 Å². The van der Waals surface area contributed by atoms with E-state index in [-0.39, 0.29) is 17.9 Å². The maximum Gasteiger partial charge on any atom is 0.335 e. The van der Waals surface area contributed by atoms with Crippen LogP contribution < -0.4 is 4.74 Å². The zero-order chi connectivity index (χ0) is 14.1. The topological polar surface area (TPSA) is 63.8 Å². The lowest BCUT2D eigenvalue weighted by molar-refractivity contribution is 0.0695. The van der Waals surface area contributed by atoms with Crippen LogP contribution in [0.25, 0.3) is 4.96 Å². The number of fused-ring (bicyclic) bond motifs is 1. The molecule has 2 heterocycles. The maximum atomic E-state index is 13.3. The van der Waals surface area contributed by atoms with Gasteiger partial charge in [-0.1, -0.05) is 0 Å². The van der Waals surface area contributed by atoms with Crippen molar-refractivity contribution in [3.8, 4) is 5.75 Å². The molecule has 3 rings (SSSR count). The first kappa shape index (κ1) is 12.6. The van der Waals surface area contributed by atoms with Crippen LogP contribution in [0.1, 0.15) is 16.1 Å². The van der Waals surface area contributed by atoms with E-state index in [1.807, 2.05) is 22.2 Å². The summed E-state index contributed by atoms with van der Waals surface area (Å²) in [6.45, 7) is 0.150. The third-order valence-electron chi connectivity index (χ3n) is 2.65. The van der Waals surface area contributed by atoms with Gasteiger partial charge in [0.15, 0.2) is 4.96 Å². The number of imidazole rings is 1. The van der Waals surface area contributed by atoms with Crippen molar-refractivity contribution in [3.63, 3.8) is 0 Å². The second-order valence-corrected chi connectivity index (χ2v) is 4.97. The molecule has 7 heteroatoms. The van der Waals surface area contributed by atoms with E-state index in [1.54, 1.807) is 0 Å². The van der Waals surface area contributed by atoms with Gasteiger partial charge in [-0.25, -0.2) is 14.2 Å². The third-order valence-corrected chi connectivity index (χ3v) is 3.42. The SMILES string of the molecule is O=C(O)c1cc(F)cc(OCc2cn3ccsc3n2)c1. The summed E-state index contributed by atoms with van der Waals surface area (Å²) in [6.07, 6.45) is 3.68. The number of ether oxygens (including phenoxy) is 1. The van der Waals surface area contributed by atoms with Crippen LogP contribution in [0, 0.1) is 5.82 Å². The molecule has 0 unspecified atom stereocenters. The lowest BCUT2D eigenvalue weighted by atomic mass is 10.2. The summed E-state index contributed by atoms with van der Waals surface area (Å²) in [6, 6.07) is 3.37. The Labute approximate surface area is 116 Å². The van der Waals surface area contributed by atoms with Crippen molar-refractivity contribution in [2.45, 2.75) is 6.61 Å². The maximum absolute atomic E-state index is 13.3. The van der Waals surface area contributed by atoms with Crippen LogP contribution in [-0.4, -0.2) is 20.5 Å². The van der Waals surface area contributed by atoms with Gasteiger partial charge in [0, 0.05) is 23.8 Å². The molecule has 0 amide bonds. The molecule has 0 saturated carbocycles. The molecule has 102 valence electrons. The quantitative estimate of drug-likeness (QED) is 0.803. The highest BCUT2D eigenvalue weighted by Crippen LogP contribution is 2.18. The number of aromatic carboxylic acids is 1. The molecule has 5 nitrogen and oxygen atoms in total. The Hall–Kier alpha value is -2.41. The van der Waals surface area contributed by atoms with Gasteiger partial charge in [0.25, 0.3) is 0 Å². The number of benzene rings is 1. The van der Waals surface area contributed by atoms with Gasteiger partial charge in [-0.05, 0) is 12.1 Å².